The minimum Gasteiger partial charge on any atom is -0.326 e. The quantitative estimate of drug-likeness (QED) is 0.723. The molecule has 1 unspecified atom stereocenters. The van der Waals surface area contributed by atoms with E-state index in [9.17, 15) is 0 Å². The number of nitrogens with one attached hydrogen (secondary N) is 1. The second-order valence-corrected chi connectivity index (χ2v) is 5.49. The molecule has 0 aliphatic carbocycles. The zero-order valence-electron chi connectivity index (χ0n) is 11.2. The Labute approximate surface area is 106 Å². The smallest absolute Gasteiger partial charge is 0.0197 e. The summed E-state index contributed by atoms with van der Waals surface area (Å²) in [4.78, 5) is 5.06. The van der Waals surface area contributed by atoms with Crippen LogP contribution in [0.1, 0.15) is 19.8 Å². The van der Waals surface area contributed by atoms with Crippen LogP contribution < -0.4 is 11.1 Å². The van der Waals surface area contributed by atoms with Gasteiger partial charge in [-0.3, -0.25) is 4.90 Å². The Hall–Kier alpha value is -0.160. The van der Waals surface area contributed by atoms with E-state index in [0.29, 0.717) is 6.04 Å². The number of likely N-dealkylation sites (tertiary alicyclic amines) is 1. The Morgan fingerprint density at radius 1 is 1.12 bits per heavy atom. The minimum atomic E-state index is 0.382. The summed E-state index contributed by atoms with van der Waals surface area (Å²) in [6.45, 7) is 11.6. The van der Waals surface area contributed by atoms with Crippen molar-refractivity contribution in [2.45, 2.75) is 25.8 Å². The summed E-state index contributed by atoms with van der Waals surface area (Å²) in [5.41, 5.74) is 6.39. The molecule has 0 aromatic rings. The highest BCUT2D eigenvalue weighted by Crippen LogP contribution is 2.20. The fourth-order valence-corrected chi connectivity index (χ4v) is 3.04. The van der Waals surface area contributed by atoms with Crippen molar-refractivity contribution in [2.75, 3.05) is 52.4 Å². The highest BCUT2D eigenvalue weighted by molar-refractivity contribution is 4.83. The van der Waals surface area contributed by atoms with Gasteiger partial charge in [0.1, 0.15) is 0 Å². The van der Waals surface area contributed by atoms with Crippen molar-refractivity contribution >= 4 is 0 Å². The first kappa shape index (κ1) is 13.3. The summed E-state index contributed by atoms with van der Waals surface area (Å²) in [5.74, 6) is 0.743. The topological polar surface area (TPSA) is 44.5 Å². The number of hydrogen-bond donors (Lipinski definition) is 2. The average Bonchev–Trinajstić information content (AvgIpc) is 2.40. The van der Waals surface area contributed by atoms with Crippen molar-refractivity contribution in [3.8, 4) is 0 Å². The van der Waals surface area contributed by atoms with E-state index >= 15 is 0 Å². The zero-order valence-corrected chi connectivity index (χ0v) is 11.2. The van der Waals surface area contributed by atoms with Crippen molar-refractivity contribution in [3.63, 3.8) is 0 Å². The predicted molar refractivity (Wildman–Crippen MR) is 72.1 cm³/mol. The van der Waals surface area contributed by atoms with Crippen molar-refractivity contribution in [3.05, 3.63) is 0 Å². The van der Waals surface area contributed by atoms with E-state index in [2.05, 4.69) is 22.0 Å². The number of nitrogens with zero attached hydrogens (tertiary/aromatic N) is 2. The van der Waals surface area contributed by atoms with E-state index in [1.807, 2.05) is 0 Å². The van der Waals surface area contributed by atoms with E-state index in [1.54, 1.807) is 0 Å². The maximum atomic E-state index is 6.39. The molecule has 100 valence electrons. The van der Waals surface area contributed by atoms with Gasteiger partial charge in [-0.25, -0.2) is 0 Å². The minimum absolute atomic E-state index is 0.382. The highest BCUT2D eigenvalue weighted by Gasteiger charge is 2.25. The van der Waals surface area contributed by atoms with E-state index < -0.39 is 0 Å². The van der Waals surface area contributed by atoms with Crippen LogP contribution in [0.4, 0.5) is 0 Å². The van der Waals surface area contributed by atoms with Gasteiger partial charge in [-0.05, 0) is 38.4 Å². The van der Waals surface area contributed by atoms with Crippen LogP contribution >= 0.6 is 0 Å². The van der Waals surface area contributed by atoms with Gasteiger partial charge in [-0.2, -0.15) is 0 Å². The Balaban J connectivity index is 1.70. The van der Waals surface area contributed by atoms with Gasteiger partial charge in [-0.1, -0.05) is 6.92 Å². The van der Waals surface area contributed by atoms with Crippen LogP contribution in [-0.2, 0) is 0 Å². The molecular formula is C13H28N4. The maximum absolute atomic E-state index is 6.39. The second kappa shape index (κ2) is 6.69. The van der Waals surface area contributed by atoms with Gasteiger partial charge in [0, 0.05) is 38.8 Å². The molecule has 2 fully saturated rings. The average molecular weight is 240 g/mol. The summed E-state index contributed by atoms with van der Waals surface area (Å²) in [7, 11) is 0. The molecule has 3 N–H and O–H groups in total. The summed E-state index contributed by atoms with van der Waals surface area (Å²) >= 11 is 0. The van der Waals surface area contributed by atoms with E-state index in [0.717, 1.165) is 25.6 Å². The summed E-state index contributed by atoms with van der Waals surface area (Å²) in [5, 5.41) is 3.39. The largest absolute Gasteiger partial charge is 0.326 e. The Morgan fingerprint density at radius 2 is 1.76 bits per heavy atom. The number of hydrogen-bond acceptors (Lipinski definition) is 4. The van der Waals surface area contributed by atoms with Crippen LogP contribution in [0.2, 0.25) is 0 Å². The molecule has 2 saturated heterocycles. The number of piperazine rings is 1. The lowest BCUT2D eigenvalue weighted by atomic mass is 9.89. The molecule has 0 radical (unpaired) electrons. The predicted octanol–water partition coefficient (Wildman–Crippen LogP) is -0.0492. The highest BCUT2D eigenvalue weighted by atomic mass is 15.2. The molecule has 0 bridgehead atoms. The van der Waals surface area contributed by atoms with Crippen LogP contribution in [0.5, 0.6) is 0 Å². The van der Waals surface area contributed by atoms with E-state index in [1.165, 1.54) is 45.6 Å². The molecule has 2 aliphatic heterocycles. The van der Waals surface area contributed by atoms with Crippen LogP contribution in [0.25, 0.3) is 0 Å². The van der Waals surface area contributed by atoms with Crippen molar-refractivity contribution in [1.29, 1.82) is 0 Å². The van der Waals surface area contributed by atoms with Crippen LogP contribution in [0, 0.1) is 5.92 Å². The normalized spacial score (nSPS) is 27.2. The molecule has 17 heavy (non-hydrogen) atoms. The zero-order chi connectivity index (χ0) is 12.1. The lowest BCUT2D eigenvalue weighted by Crippen LogP contribution is -2.51. The SMILES string of the molecule is CCN1CCC(C(N)CN2CCNCC2)CC1. The van der Waals surface area contributed by atoms with Gasteiger partial charge in [0.05, 0.1) is 0 Å². The third kappa shape index (κ3) is 3.91. The first-order valence-electron chi connectivity index (χ1n) is 7.20. The first-order valence-corrected chi connectivity index (χ1v) is 7.20. The number of piperidine rings is 1. The molecule has 2 rings (SSSR count). The van der Waals surface area contributed by atoms with Crippen molar-refractivity contribution in [1.82, 2.24) is 15.1 Å². The van der Waals surface area contributed by atoms with Crippen LogP contribution in [0.3, 0.4) is 0 Å². The molecular weight excluding hydrogens is 212 g/mol. The molecule has 0 aromatic heterocycles. The second-order valence-electron chi connectivity index (χ2n) is 5.49. The standard InChI is InChI=1S/C13H28N4/c1-2-16-7-3-12(4-8-16)13(14)11-17-9-5-15-6-10-17/h12-13,15H,2-11,14H2,1H3. The molecule has 0 spiro atoms. The number of rotatable bonds is 4. The third-order valence-electron chi connectivity index (χ3n) is 4.36. The maximum Gasteiger partial charge on any atom is 0.0197 e. The Bertz CT molecular complexity index is 207. The van der Waals surface area contributed by atoms with Crippen molar-refractivity contribution < 1.29 is 0 Å². The van der Waals surface area contributed by atoms with Gasteiger partial charge >= 0.3 is 0 Å². The molecule has 1 atom stereocenters. The summed E-state index contributed by atoms with van der Waals surface area (Å²) in [6, 6.07) is 0.382. The van der Waals surface area contributed by atoms with Gasteiger partial charge in [-0.15, -0.1) is 0 Å². The number of nitrogens with two attached hydrogens (primary N) is 1. The summed E-state index contributed by atoms with van der Waals surface area (Å²) in [6.07, 6.45) is 2.59. The molecule has 0 saturated carbocycles. The van der Waals surface area contributed by atoms with E-state index in [4.69, 9.17) is 5.73 Å². The first-order chi connectivity index (χ1) is 8.29. The van der Waals surface area contributed by atoms with Crippen LogP contribution in [0.15, 0.2) is 0 Å². The lowest BCUT2D eigenvalue weighted by Gasteiger charge is -2.37. The fraction of sp³-hybridized carbons (Fsp3) is 1.00. The molecule has 2 heterocycles. The molecule has 0 aromatic carbocycles. The molecule has 4 nitrogen and oxygen atoms in total. The Kier molecular flexibility index (Phi) is 5.22. The Morgan fingerprint density at radius 3 is 2.35 bits per heavy atom. The van der Waals surface area contributed by atoms with Gasteiger partial charge < -0.3 is 16.0 Å². The van der Waals surface area contributed by atoms with Gasteiger partial charge in [0.25, 0.3) is 0 Å². The summed E-state index contributed by atoms with van der Waals surface area (Å²) < 4.78 is 0. The van der Waals surface area contributed by atoms with E-state index in [-0.39, 0.29) is 0 Å². The van der Waals surface area contributed by atoms with Crippen LogP contribution in [-0.4, -0.2) is 68.2 Å². The lowest BCUT2D eigenvalue weighted by molar-refractivity contribution is 0.147. The molecule has 2 aliphatic rings. The van der Waals surface area contributed by atoms with Gasteiger partial charge in [0.2, 0.25) is 0 Å². The molecule has 4 heteroatoms. The third-order valence-corrected chi connectivity index (χ3v) is 4.36. The fourth-order valence-electron chi connectivity index (χ4n) is 3.04. The van der Waals surface area contributed by atoms with Gasteiger partial charge in [0.15, 0.2) is 0 Å². The molecule has 0 amide bonds. The van der Waals surface area contributed by atoms with Crippen molar-refractivity contribution in [2.24, 2.45) is 11.7 Å². The monoisotopic (exact) mass is 240 g/mol.